The van der Waals surface area contributed by atoms with E-state index >= 15 is 0 Å². The highest BCUT2D eigenvalue weighted by Crippen LogP contribution is 2.35. The van der Waals surface area contributed by atoms with E-state index in [0.717, 1.165) is 10.9 Å². The van der Waals surface area contributed by atoms with Crippen molar-refractivity contribution in [1.82, 2.24) is 34.9 Å². The summed E-state index contributed by atoms with van der Waals surface area (Å²) in [6.07, 6.45) is 3.83. The molecule has 5 heterocycles. The van der Waals surface area contributed by atoms with Gasteiger partial charge in [-0.3, -0.25) is 19.2 Å². The quantitative estimate of drug-likeness (QED) is 0.279. The highest BCUT2D eigenvalue weighted by atomic mass is 16.5. The van der Waals surface area contributed by atoms with E-state index in [2.05, 4.69) is 20.6 Å². The number of aromatic nitrogens is 4. The third-order valence-corrected chi connectivity index (χ3v) is 8.37. The van der Waals surface area contributed by atoms with Gasteiger partial charge in [0.05, 0.1) is 25.1 Å². The topological polar surface area (TPSA) is 172 Å². The molecule has 0 aliphatic carbocycles. The Balaban J connectivity index is 0.00000124. The second-order valence-corrected chi connectivity index (χ2v) is 11.2. The zero-order valence-electron chi connectivity index (χ0n) is 25.4. The molecule has 2 aromatic carbocycles. The summed E-state index contributed by atoms with van der Waals surface area (Å²) in [5, 5.41) is 19.1. The van der Waals surface area contributed by atoms with Gasteiger partial charge in [0.25, 0.3) is 12.4 Å². The number of benzene rings is 2. The van der Waals surface area contributed by atoms with Crippen LogP contribution in [0.3, 0.4) is 0 Å². The van der Waals surface area contributed by atoms with Crippen molar-refractivity contribution >= 4 is 40.8 Å². The molecule has 1 fully saturated rings. The predicted octanol–water partition coefficient (Wildman–Crippen LogP) is 2.40. The summed E-state index contributed by atoms with van der Waals surface area (Å²) >= 11 is 0. The molecule has 47 heavy (non-hydrogen) atoms. The van der Waals surface area contributed by atoms with Crippen LogP contribution in [-0.4, -0.2) is 98.2 Å². The first-order valence-corrected chi connectivity index (χ1v) is 15.2. The van der Waals surface area contributed by atoms with Crippen molar-refractivity contribution in [3.05, 3.63) is 90.0 Å². The van der Waals surface area contributed by atoms with Crippen LogP contribution in [0.1, 0.15) is 34.1 Å². The number of ether oxygens (including phenoxy) is 1. The first kappa shape index (κ1) is 31.2. The lowest BCUT2D eigenvalue weighted by Gasteiger charge is -2.25. The van der Waals surface area contributed by atoms with E-state index in [1.165, 1.54) is 10.7 Å². The summed E-state index contributed by atoms with van der Waals surface area (Å²) in [6, 6.07) is 18.7. The zero-order valence-corrected chi connectivity index (χ0v) is 25.4. The molecule has 14 heteroatoms. The average molecular weight is 640 g/mol. The van der Waals surface area contributed by atoms with E-state index in [4.69, 9.17) is 19.2 Å². The fourth-order valence-electron chi connectivity index (χ4n) is 6.12. The van der Waals surface area contributed by atoms with Gasteiger partial charge in [0.1, 0.15) is 11.4 Å². The first-order chi connectivity index (χ1) is 23.0. The number of imidazole rings is 1. The van der Waals surface area contributed by atoms with Crippen LogP contribution in [-0.2, 0) is 20.8 Å². The maximum Gasteiger partial charge on any atom is 0.290 e. The molecule has 0 spiro atoms. The molecule has 3 aromatic heterocycles. The molecule has 7 rings (SSSR count). The minimum atomic E-state index is -0.491. The summed E-state index contributed by atoms with van der Waals surface area (Å²) in [6.45, 7) is 1.84. The molecular formula is C33H33N7O7. The Kier molecular flexibility index (Phi) is 9.36. The largest absolute Gasteiger partial charge is 0.494 e. The average Bonchev–Trinajstić information content (AvgIpc) is 3.83. The van der Waals surface area contributed by atoms with Gasteiger partial charge >= 0.3 is 0 Å². The summed E-state index contributed by atoms with van der Waals surface area (Å²) in [4.78, 5) is 56.8. The van der Waals surface area contributed by atoms with Crippen LogP contribution in [0.5, 0.6) is 5.75 Å². The number of hydrogen-bond acceptors (Lipinski definition) is 9. The lowest BCUT2D eigenvalue weighted by atomic mass is 9.88. The van der Waals surface area contributed by atoms with Crippen LogP contribution in [0, 0.1) is 5.92 Å². The van der Waals surface area contributed by atoms with Crippen molar-refractivity contribution in [2.24, 2.45) is 5.92 Å². The van der Waals surface area contributed by atoms with E-state index in [0.29, 0.717) is 61.0 Å². The SMILES string of the molecule is O=C1NCCN(C(=O)Cc2noc3ccccc23)CCCOc2cccc(c2)[C@H]2CN(C(=O)c3cnc4cccnn34)C[C@H]12.O=CO. The van der Waals surface area contributed by atoms with Gasteiger partial charge in [-0.05, 0) is 48.4 Å². The Bertz CT molecular complexity index is 1900. The summed E-state index contributed by atoms with van der Waals surface area (Å²) < 4.78 is 13.0. The molecule has 2 atom stereocenters. The Morgan fingerprint density at radius 1 is 1.02 bits per heavy atom. The molecule has 242 valence electrons. The van der Waals surface area contributed by atoms with Crippen molar-refractivity contribution in [3.8, 4) is 5.75 Å². The number of carboxylic acid groups (broad SMARTS) is 1. The third kappa shape index (κ3) is 6.76. The van der Waals surface area contributed by atoms with Crippen LogP contribution in [0.15, 0.2) is 77.6 Å². The van der Waals surface area contributed by atoms with E-state index < -0.39 is 5.92 Å². The molecule has 0 unspecified atom stereocenters. The van der Waals surface area contributed by atoms with E-state index in [9.17, 15) is 14.4 Å². The number of para-hydroxylation sites is 1. The van der Waals surface area contributed by atoms with Crippen LogP contribution < -0.4 is 10.1 Å². The van der Waals surface area contributed by atoms with Gasteiger partial charge < -0.3 is 29.5 Å². The number of likely N-dealkylation sites (tertiary alicyclic amines) is 1. The van der Waals surface area contributed by atoms with E-state index in [1.54, 1.807) is 28.1 Å². The Morgan fingerprint density at radius 2 is 1.85 bits per heavy atom. The Morgan fingerprint density at radius 3 is 2.72 bits per heavy atom. The standard InChI is InChI=1S/C32H31N7O5.CH2O2/c40-30(17-26-23-8-1-2-9-28(23)44-36-26)37-13-5-15-43-22-7-3-6-21(16-22)24-19-38(20-25(24)31(41)33-12-14-37)32(42)27-18-34-29-10-4-11-35-39(27)29;2-1-3/h1-4,6-11,16,18,24-25H,5,12-15,17,19-20H2,(H,33,41);1H,(H,2,3)/t24-,25+;/m1./s1. The van der Waals surface area contributed by atoms with Crippen molar-refractivity contribution in [1.29, 1.82) is 0 Å². The molecule has 2 bridgehead atoms. The second-order valence-electron chi connectivity index (χ2n) is 11.2. The monoisotopic (exact) mass is 639 g/mol. The van der Waals surface area contributed by atoms with Crippen molar-refractivity contribution < 1.29 is 33.5 Å². The van der Waals surface area contributed by atoms with Gasteiger partial charge in [0, 0.05) is 50.2 Å². The molecule has 2 N–H and O–H groups in total. The van der Waals surface area contributed by atoms with Gasteiger partial charge in [0.2, 0.25) is 11.8 Å². The first-order valence-electron chi connectivity index (χ1n) is 15.2. The molecular weight excluding hydrogens is 606 g/mol. The van der Waals surface area contributed by atoms with Crippen molar-refractivity contribution in [2.75, 3.05) is 39.3 Å². The normalized spacial score (nSPS) is 18.3. The molecule has 5 aromatic rings. The van der Waals surface area contributed by atoms with Crippen LogP contribution >= 0.6 is 0 Å². The number of carbonyl (C=O) groups is 4. The van der Waals surface area contributed by atoms with E-state index in [1.807, 2.05) is 48.5 Å². The highest BCUT2D eigenvalue weighted by molar-refractivity contribution is 5.94. The van der Waals surface area contributed by atoms with Crippen LogP contribution in [0.25, 0.3) is 16.6 Å². The number of rotatable bonds is 3. The van der Waals surface area contributed by atoms with E-state index in [-0.39, 0.29) is 49.6 Å². The predicted molar refractivity (Wildman–Crippen MR) is 168 cm³/mol. The summed E-state index contributed by atoms with van der Waals surface area (Å²) in [5.41, 5.74) is 3.07. The molecule has 0 saturated carbocycles. The van der Waals surface area contributed by atoms with Gasteiger partial charge in [-0.2, -0.15) is 5.10 Å². The smallest absolute Gasteiger partial charge is 0.290 e. The number of amides is 3. The number of fused-ring (bicyclic) bond motifs is 6. The fourth-order valence-corrected chi connectivity index (χ4v) is 6.12. The highest BCUT2D eigenvalue weighted by Gasteiger charge is 2.41. The minimum absolute atomic E-state index is 0.0910. The van der Waals surface area contributed by atoms with Crippen LogP contribution in [0.2, 0.25) is 0 Å². The molecule has 14 nitrogen and oxygen atoms in total. The lowest BCUT2D eigenvalue weighted by molar-refractivity contribution is -0.131. The molecule has 0 radical (unpaired) electrons. The number of hydrogen-bond donors (Lipinski definition) is 2. The molecule has 2 aliphatic heterocycles. The Hall–Kier alpha value is -5.79. The molecule has 3 amide bonds. The maximum atomic E-state index is 13.7. The third-order valence-electron chi connectivity index (χ3n) is 8.37. The zero-order chi connectivity index (χ0) is 32.8. The molecule has 1 saturated heterocycles. The van der Waals surface area contributed by atoms with Gasteiger partial charge in [-0.1, -0.05) is 29.4 Å². The maximum absolute atomic E-state index is 13.7. The Labute approximate surface area is 268 Å². The number of nitrogens with zero attached hydrogens (tertiary/aromatic N) is 6. The second kappa shape index (κ2) is 14.1. The molecule has 2 aliphatic rings. The van der Waals surface area contributed by atoms with Gasteiger partial charge in [-0.25, -0.2) is 9.50 Å². The summed E-state index contributed by atoms with van der Waals surface area (Å²) in [5.74, 6) is -0.560. The lowest BCUT2D eigenvalue weighted by Crippen LogP contribution is -2.43. The number of carbonyl (C=O) groups excluding carboxylic acids is 3. The summed E-state index contributed by atoms with van der Waals surface area (Å²) in [7, 11) is 0. The minimum Gasteiger partial charge on any atom is -0.494 e. The van der Waals surface area contributed by atoms with Crippen LogP contribution in [0.4, 0.5) is 0 Å². The van der Waals surface area contributed by atoms with Gasteiger partial charge in [0.15, 0.2) is 16.9 Å². The van der Waals surface area contributed by atoms with Crippen molar-refractivity contribution in [2.45, 2.75) is 18.8 Å². The van der Waals surface area contributed by atoms with Gasteiger partial charge in [-0.15, -0.1) is 0 Å². The number of nitrogens with one attached hydrogen (secondary N) is 1. The van der Waals surface area contributed by atoms with Crippen molar-refractivity contribution in [3.63, 3.8) is 0 Å². The fraction of sp³-hybridized carbons (Fsp3) is 0.303.